The quantitative estimate of drug-likeness (QED) is 0.846. The monoisotopic (exact) mass is 230 g/mol. The molecule has 3 atom stereocenters. The van der Waals surface area contributed by atoms with Crippen LogP contribution in [-0.2, 0) is 6.54 Å². The van der Waals surface area contributed by atoms with E-state index in [9.17, 15) is 0 Å². The summed E-state index contributed by atoms with van der Waals surface area (Å²) in [5.41, 5.74) is 7.72. The Morgan fingerprint density at radius 2 is 1.88 bits per heavy atom. The molecule has 0 radical (unpaired) electrons. The third-order valence-corrected chi connectivity index (χ3v) is 4.47. The maximum absolute atomic E-state index is 6.29. The van der Waals surface area contributed by atoms with Gasteiger partial charge in [0, 0.05) is 24.7 Å². The Hall–Kier alpha value is -0.860. The summed E-state index contributed by atoms with van der Waals surface area (Å²) in [6.45, 7) is 1.09. The number of piperidine rings is 2. The standard InChI is InChI=1S/C15H22N2/c16-14-10-9-13-7-4-8-15(14)17(13)11-12-5-2-1-3-6-12/h1-3,5-6,13-15H,4,7-11,16H2. The Balaban J connectivity index is 1.77. The van der Waals surface area contributed by atoms with Gasteiger partial charge in [-0.15, -0.1) is 0 Å². The molecule has 0 spiro atoms. The summed E-state index contributed by atoms with van der Waals surface area (Å²) >= 11 is 0. The molecule has 2 bridgehead atoms. The van der Waals surface area contributed by atoms with E-state index in [4.69, 9.17) is 5.73 Å². The van der Waals surface area contributed by atoms with E-state index in [1.807, 2.05) is 0 Å². The van der Waals surface area contributed by atoms with Crippen molar-refractivity contribution in [2.75, 3.05) is 0 Å². The molecule has 0 saturated carbocycles. The SMILES string of the molecule is NC1CCC2CCCC1N2Cc1ccccc1. The highest BCUT2D eigenvalue weighted by molar-refractivity contribution is 5.15. The molecule has 2 aliphatic rings. The van der Waals surface area contributed by atoms with Gasteiger partial charge in [-0.2, -0.15) is 0 Å². The largest absolute Gasteiger partial charge is 0.326 e. The molecule has 17 heavy (non-hydrogen) atoms. The molecular formula is C15H22N2. The smallest absolute Gasteiger partial charge is 0.0253 e. The van der Waals surface area contributed by atoms with Gasteiger partial charge in [0.15, 0.2) is 0 Å². The van der Waals surface area contributed by atoms with Crippen LogP contribution in [-0.4, -0.2) is 23.0 Å². The van der Waals surface area contributed by atoms with Gasteiger partial charge >= 0.3 is 0 Å². The summed E-state index contributed by atoms with van der Waals surface area (Å²) in [5.74, 6) is 0. The number of fused-ring (bicyclic) bond motifs is 2. The van der Waals surface area contributed by atoms with E-state index in [0.29, 0.717) is 12.1 Å². The van der Waals surface area contributed by atoms with Crippen molar-refractivity contribution in [3.63, 3.8) is 0 Å². The van der Waals surface area contributed by atoms with Gasteiger partial charge in [-0.05, 0) is 31.2 Å². The zero-order valence-corrected chi connectivity index (χ0v) is 10.4. The van der Waals surface area contributed by atoms with E-state index < -0.39 is 0 Å². The van der Waals surface area contributed by atoms with Crippen molar-refractivity contribution in [3.8, 4) is 0 Å². The van der Waals surface area contributed by atoms with Gasteiger partial charge < -0.3 is 5.73 Å². The first kappa shape index (κ1) is 11.2. The third-order valence-electron chi connectivity index (χ3n) is 4.47. The molecule has 1 aromatic rings. The Labute approximate surface area is 104 Å². The van der Waals surface area contributed by atoms with Gasteiger partial charge in [0.05, 0.1) is 0 Å². The lowest BCUT2D eigenvalue weighted by molar-refractivity contribution is 0.0200. The summed E-state index contributed by atoms with van der Waals surface area (Å²) in [5, 5.41) is 0. The van der Waals surface area contributed by atoms with Gasteiger partial charge in [0.2, 0.25) is 0 Å². The average Bonchev–Trinajstić information content (AvgIpc) is 2.36. The van der Waals surface area contributed by atoms with Crippen molar-refractivity contribution >= 4 is 0 Å². The summed E-state index contributed by atoms with van der Waals surface area (Å²) in [6, 6.07) is 12.6. The fraction of sp³-hybridized carbons (Fsp3) is 0.600. The van der Waals surface area contributed by atoms with Gasteiger partial charge in [-0.25, -0.2) is 0 Å². The highest BCUT2D eigenvalue weighted by Gasteiger charge is 2.37. The second-order valence-electron chi connectivity index (χ2n) is 5.55. The lowest BCUT2D eigenvalue weighted by atomic mass is 9.81. The number of nitrogens with zero attached hydrogens (tertiary/aromatic N) is 1. The summed E-state index contributed by atoms with van der Waals surface area (Å²) in [4.78, 5) is 2.67. The number of hydrogen-bond acceptors (Lipinski definition) is 2. The van der Waals surface area contributed by atoms with Crippen LogP contribution in [0.25, 0.3) is 0 Å². The van der Waals surface area contributed by atoms with Crippen molar-refractivity contribution < 1.29 is 0 Å². The van der Waals surface area contributed by atoms with Crippen LogP contribution in [0.3, 0.4) is 0 Å². The molecule has 2 aliphatic heterocycles. The molecule has 2 heteroatoms. The predicted octanol–water partition coefficient (Wildman–Crippen LogP) is 2.53. The molecule has 2 fully saturated rings. The van der Waals surface area contributed by atoms with Crippen LogP contribution in [0.5, 0.6) is 0 Å². The van der Waals surface area contributed by atoms with Gasteiger partial charge in [-0.3, -0.25) is 4.90 Å². The molecule has 2 heterocycles. The number of nitrogens with two attached hydrogens (primary N) is 1. The number of benzene rings is 1. The summed E-state index contributed by atoms with van der Waals surface area (Å²) < 4.78 is 0. The van der Waals surface area contributed by atoms with Crippen molar-refractivity contribution in [2.24, 2.45) is 5.73 Å². The van der Waals surface area contributed by atoms with Gasteiger partial charge in [0.25, 0.3) is 0 Å². The van der Waals surface area contributed by atoms with Crippen LogP contribution in [0.15, 0.2) is 30.3 Å². The normalized spacial score (nSPS) is 33.6. The Morgan fingerprint density at radius 1 is 1.06 bits per heavy atom. The first-order valence-electron chi connectivity index (χ1n) is 6.90. The van der Waals surface area contributed by atoms with E-state index in [0.717, 1.165) is 12.6 Å². The maximum Gasteiger partial charge on any atom is 0.0253 e. The fourth-order valence-electron chi connectivity index (χ4n) is 3.55. The first-order valence-corrected chi connectivity index (χ1v) is 6.90. The van der Waals surface area contributed by atoms with Gasteiger partial charge in [-0.1, -0.05) is 36.8 Å². The maximum atomic E-state index is 6.29. The minimum Gasteiger partial charge on any atom is -0.326 e. The number of hydrogen-bond donors (Lipinski definition) is 1. The van der Waals surface area contributed by atoms with E-state index in [-0.39, 0.29) is 0 Å². The third kappa shape index (κ3) is 2.24. The molecule has 2 nitrogen and oxygen atoms in total. The van der Waals surface area contributed by atoms with Crippen LogP contribution in [0.2, 0.25) is 0 Å². The van der Waals surface area contributed by atoms with Crippen LogP contribution in [0.4, 0.5) is 0 Å². The lowest BCUT2D eigenvalue weighted by Gasteiger charge is -2.49. The Bertz CT molecular complexity index is 362. The van der Waals surface area contributed by atoms with E-state index in [1.165, 1.54) is 37.7 Å². The first-order chi connectivity index (χ1) is 8.34. The van der Waals surface area contributed by atoms with Crippen molar-refractivity contribution in [1.82, 2.24) is 4.90 Å². The number of rotatable bonds is 2. The summed E-state index contributed by atoms with van der Waals surface area (Å²) in [6.07, 6.45) is 6.56. The molecule has 2 saturated heterocycles. The minimum atomic E-state index is 0.398. The molecule has 0 amide bonds. The molecule has 0 aromatic heterocycles. The van der Waals surface area contributed by atoms with Crippen molar-refractivity contribution in [3.05, 3.63) is 35.9 Å². The predicted molar refractivity (Wildman–Crippen MR) is 70.6 cm³/mol. The van der Waals surface area contributed by atoms with E-state index in [2.05, 4.69) is 35.2 Å². The molecule has 1 aromatic carbocycles. The van der Waals surface area contributed by atoms with E-state index >= 15 is 0 Å². The minimum absolute atomic E-state index is 0.398. The van der Waals surface area contributed by atoms with Crippen LogP contribution in [0, 0.1) is 0 Å². The topological polar surface area (TPSA) is 29.3 Å². The van der Waals surface area contributed by atoms with E-state index in [1.54, 1.807) is 0 Å². The Morgan fingerprint density at radius 3 is 2.71 bits per heavy atom. The second-order valence-corrected chi connectivity index (χ2v) is 5.55. The van der Waals surface area contributed by atoms with Gasteiger partial charge in [0.1, 0.15) is 0 Å². The zero-order chi connectivity index (χ0) is 11.7. The molecule has 92 valence electrons. The molecule has 0 aliphatic carbocycles. The highest BCUT2D eigenvalue weighted by Crippen LogP contribution is 2.34. The van der Waals surface area contributed by atoms with Crippen molar-refractivity contribution in [1.29, 1.82) is 0 Å². The highest BCUT2D eigenvalue weighted by atomic mass is 15.2. The van der Waals surface area contributed by atoms with Crippen LogP contribution in [0.1, 0.15) is 37.7 Å². The Kier molecular flexibility index (Phi) is 3.17. The lowest BCUT2D eigenvalue weighted by Crippen LogP contribution is -2.58. The van der Waals surface area contributed by atoms with Crippen molar-refractivity contribution in [2.45, 2.75) is 56.8 Å². The average molecular weight is 230 g/mol. The molecule has 2 N–H and O–H groups in total. The van der Waals surface area contributed by atoms with Crippen LogP contribution < -0.4 is 5.73 Å². The fourth-order valence-corrected chi connectivity index (χ4v) is 3.55. The molecular weight excluding hydrogens is 208 g/mol. The second kappa shape index (κ2) is 4.79. The van der Waals surface area contributed by atoms with Crippen LogP contribution >= 0.6 is 0 Å². The zero-order valence-electron chi connectivity index (χ0n) is 10.4. The molecule has 3 rings (SSSR count). The summed E-state index contributed by atoms with van der Waals surface area (Å²) in [7, 11) is 0. The molecule has 3 unspecified atom stereocenters.